The van der Waals surface area contributed by atoms with E-state index in [1.54, 1.807) is 24.7 Å². The largest absolute Gasteiger partial charge is 0.337 e. The van der Waals surface area contributed by atoms with Crippen LogP contribution in [-0.2, 0) is 17.1 Å². The summed E-state index contributed by atoms with van der Waals surface area (Å²) in [6.07, 6.45) is 3.22. The third-order valence-corrected chi connectivity index (χ3v) is 5.70. The highest BCUT2D eigenvalue weighted by molar-refractivity contribution is 7.89. The first-order chi connectivity index (χ1) is 8.82. The Morgan fingerprint density at radius 1 is 1.42 bits per heavy atom. The first-order valence-corrected chi connectivity index (χ1v) is 8.02. The molecule has 1 aromatic rings. The minimum absolute atomic E-state index is 0.127. The quantitative estimate of drug-likeness (QED) is 0.876. The molecule has 0 bridgehead atoms. The van der Waals surface area contributed by atoms with Crippen molar-refractivity contribution < 1.29 is 8.42 Å². The molecule has 0 aliphatic carbocycles. The third-order valence-electron chi connectivity index (χ3n) is 3.93. The molecule has 1 atom stereocenters. The molecule has 1 aromatic heterocycles. The summed E-state index contributed by atoms with van der Waals surface area (Å²) < 4.78 is 28.1. The highest BCUT2D eigenvalue weighted by Crippen LogP contribution is 2.24. The third kappa shape index (κ3) is 2.82. The van der Waals surface area contributed by atoms with Crippen LogP contribution in [0.5, 0.6) is 0 Å². The fraction of sp³-hybridized carbons (Fsp3) is 0.750. The second-order valence-electron chi connectivity index (χ2n) is 5.34. The van der Waals surface area contributed by atoms with Crippen LogP contribution >= 0.6 is 0 Å². The zero-order valence-electron chi connectivity index (χ0n) is 11.7. The van der Waals surface area contributed by atoms with Crippen molar-refractivity contribution >= 4 is 10.0 Å². The van der Waals surface area contributed by atoms with Crippen LogP contribution in [0.4, 0.5) is 0 Å². The number of hydrogen-bond acceptors (Lipinski definition) is 4. The van der Waals surface area contributed by atoms with Crippen LogP contribution in [0.25, 0.3) is 0 Å². The van der Waals surface area contributed by atoms with E-state index in [-0.39, 0.29) is 11.1 Å². The van der Waals surface area contributed by atoms with E-state index in [0.29, 0.717) is 24.8 Å². The predicted octanol–water partition coefficient (Wildman–Crippen LogP) is 0.476. The number of rotatable bonds is 3. The van der Waals surface area contributed by atoms with E-state index in [9.17, 15) is 8.42 Å². The molecule has 0 radical (unpaired) electrons. The highest BCUT2D eigenvalue weighted by atomic mass is 32.2. The zero-order chi connectivity index (χ0) is 14.2. The van der Waals surface area contributed by atoms with E-state index in [2.05, 4.69) is 4.98 Å². The average Bonchev–Trinajstić information content (AvgIpc) is 2.70. The number of piperidine rings is 1. The molecule has 2 N–H and O–H groups in total. The molecule has 19 heavy (non-hydrogen) atoms. The Balaban J connectivity index is 2.14. The van der Waals surface area contributed by atoms with Crippen LogP contribution in [0.3, 0.4) is 0 Å². The maximum Gasteiger partial charge on any atom is 0.262 e. The van der Waals surface area contributed by atoms with Gasteiger partial charge in [-0.15, -0.1) is 0 Å². The molecule has 7 heteroatoms. The van der Waals surface area contributed by atoms with Gasteiger partial charge < -0.3 is 10.3 Å². The first-order valence-electron chi connectivity index (χ1n) is 6.58. The summed E-state index contributed by atoms with van der Waals surface area (Å²) in [5.74, 6) is 1.11. The predicted molar refractivity (Wildman–Crippen MR) is 73.1 cm³/mol. The Hall–Kier alpha value is -0.920. The van der Waals surface area contributed by atoms with Gasteiger partial charge in [0, 0.05) is 32.4 Å². The van der Waals surface area contributed by atoms with Gasteiger partial charge in [-0.05, 0) is 32.6 Å². The smallest absolute Gasteiger partial charge is 0.262 e. The van der Waals surface area contributed by atoms with Gasteiger partial charge in [0.15, 0.2) is 5.03 Å². The molecule has 0 saturated carbocycles. The van der Waals surface area contributed by atoms with Crippen LogP contribution in [0, 0.1) is 12.8 Å². The standard InChI is InChI=1S/C12H22N4O2S/c1-9(13)11-4-6-16(7-5-11)19(17,18)12-8-15(3)10(2)14-12/h8-9,11H,4-7,13H2,1-3H3. The Morgan fingerprint density at radius 3 is 2.42 bits per heavy atom. The minimum atomic E-state index is -3.45. The van der Waals surface area contributed by atoms with Gasteiger partial charge in [0.05, 0.1) is 0 Å². The number of aromatic nitrogens is 2. The fourth-order valence-electron chi connectivity index (χ4n) is 2.42. The lowest BCUT2D eigenvalue weighted by Gasteiger charge is -2.32. The highest BCUT2D eigenvalue weighted by Gasteiger charge is 2.32. The molecular formula is C12H22N4O2S. The van der Waals surface area contributed by atoms with Gasteiger partial charge in [-0.2, -0.15) is 4.31 Å². The molecule has 2 heterocycles. The second-order valence-corrected chi connectivity index (χ2v) is 7.22. The second kappa shape index (κ2) is 5.22. The van der Waals surface area contributed by atoms with Gasteiger partial charge in [-0.1, -0.05) is 0 Å². The molecule has 1 saturated heterocycles. The molecule has 1 fully saturated rings. The fourth-order valence-corrected chi connectivity index (χ4v) is 3.92. The van der Waals surface area contributed by atoms with Crippen LogP contribution in [0.2, 0.25) is 0 Å². The van der Waals surface area contributed by atoms with E-state index in [1.807, 2.05) is 6.92 Å². The molecule has 0 aromatic carbocycles. The Labute approximate surface area is 114 Å². The van der Waals surface area contributed by atoms with Crippen molar-refractivity contribution in [3.8, 4) is 0 Å². The summed E-state index contributed by atoms with van der Waals surface area (Å²) in [5.41, 5.74) is 5.87. The maximum absolute atomic E-state index is 12.4. The monoisotopic (exact) mass is 286 g/mol. The van der Waals surface area contributed by atoms with Crippen LogP contribution in [0.15, 0.2) is 11.2 Å². The molecule has 1 aliphatic heterocycles. The number of hydrogen-bond donors (Lipinski definition) is 1. The Bertz CT molecular complexity index is 523. The maximum atomic E-state index is 12.4. The molecular weight excluding hydrogens is 264 g/mol. The lowest BCUT2D eigenvalue weighted by atomic mass is 9.92. The number of nitrogens with two attached hydrogens (primary N) is 1. The van der Waals surface area contributed by atoms with Gasteiger partial charge in [0.2, 0.25) is 0 Å². The van der Waals surface area contributed by atoms with Gasteiger partial charge in [-0.25, -0.2) is 13.4 Å². The molecule has 0 spiro atoms. The Kier molecular flexibility index (Phi) is 3.98. The minimum Gasteiger partial charge on any atom is -0.337 e. The molecule has 0 amide bonds. The Morgan fingerprint density at radius 2 is 2.00 bits per heavy atom. The number of nitrogens with zero attached hydrogens (tertiary/aromatic N) is 3. The van der Waals surface area contributed by atoms with Crippen molar-refractivity contribution in [1.82, 2.24) is 13.9 Å². The lowest BCUT2D eigenvalue weighted by molar-refractivity contribution is 0.250. The van der Waals surface area contributed by atoms with Crippen molar-refractivity contribution in [2.45, 2.75) is 37.8 Å². The van der Waals surface area contributed by atoms with E-state index < -0.39 is 10.0 Å². The lowest BCUT2D eigenvalue weighted by Crippen LogP contribution is -2.42. The van der Waals surface area contributed by atoms with Gasteiger partial charge in [-0.3, -0.25) is 0 Å². The normalized spacial score (nSPS) is 20.6. The summed E-state index contributed by atoms with van der Waals surface area (Å²) in [4.78, 5) is 4.12. The summed E-state index contributed by atoms with van der Waals surface area (Å²) in [6, 6.07) is 0.127. The van der Waals surface area contributed by atoms with Crippen molar-refractivity contribution in [2.75, 3.05) is 13.1 Å². The zero-order valence-corrected chi connectivity index (χ0v) is 12.5. The van der Waals surface area contributed by atoms with Crippen LogP contribution < -0.4 is 5.73 Å². The SMILES string of the molecule is Cc1nc(S(=O)(=O)N2CCC(C(C)N)CC2)cn1C. The van der Waals surface area contributed by atoms with Gasteiger partial charge >= 0.3 is 0 Å². The average molecular weight is 286 g/mol. The van der Waals surface area contributed by atoms with E-state index in [0.717, 1.165) is 12.8 Å². The van der Waals surface area contributed by atoms with E-state index in [1.165, 1.54) is 4.31 Å². The molecule has 1 aliphatic rings. The number of aryl methyl sites for hydroxylation is 2. The van der Waals surface area contributed by atoms with Crippen molar-refractivity contribution in [3.05, 3.63) is 12.0 Å². The van der Waals surface area contributed by atoms with E-state index in [4.69, 9.17) is 5.73 Å². The van der Waals surface area contributed by atoms with Gasteiger partial charge in [0.25, 0.3) is 10.0 Å². The summed E-state index contributed by atoms with van der Waals surface area (Å²) >= 11 is 0. The number of imidazole rings is 1. The molecule has 108 valence electrons. The van der Waals surface area contributed by atoms with Crippen molar-refractivity contribution in [2.24, 2.45) is 18.7 Å². The number of sulfonamides is 1. The van der Waals surface area contributed by atoms with Crippen molar-refractivity contribution in [1.29, 1.82) is 0 Å². The van der Waals surface area contributed by atoms with Gasteiger partial charge in [0.1, 0.15) is 5.82 Å². The van der Waals surface area contributed by atoms with Crippen LogP contribution in [-0.4, -0.2) is 41.4 Å². The summed E-state index contributed by atoms with van der Waals surface area (Å²) in [7, 11) is -1.66. The molecule has 2 rings (SSSR count). The topological polar surface area (TPSA) is 81.2 Å². The molecule has 1 unspecified atom stereocenters. The first kappa shape index (κ1) is 14.5. The van der Waals surface area contributed by atoms with Crippen molar-refractivity contribution in [3.63, 3.8) is 0 Å². The summed E-state index contributed by atoms with van der Waals surface area (Å²) in [5, 5.41) is 0.145. The van der Waals surface area contributed by atoms with E-state index >= 15 is 0 Å². The molecule has 6 nitrogen and oxygen atoms in total. The summed E-state index contributed by atoms with van der Waals surface area (Å²) in [6.45, 7) is 4.84. The van der Waals surface area contributed by atoms with Crippen LogP contribution in [0.1, 0.15) is 25.6 Å².